The summed E-state index contributed by atoms with van der Waals surface area (Å²) in [6.07, 6.45) is -11.5. The Bertz CT molecular complexity index is 935. The summed E-state index contributed by atoms with van der Waals surface area (Å²) < 4.78 is 224. The summed E-state index contributed by atoms with van der Waals surface area (Å²) in [6, 6.07) is 0. The Balaban J connectivity index is 3.34. The van der Waals surface area contributed by atoms with Crippen LogP contribution in [0.15, 0.2) is 11.5 Å². The quantitative estimate of drug-likeness (QED) is 0.296. The van der Waals surface area contributed by atoms with Crippen LogP contribution >= 0.6 is 0 Å². The lowest BCUT2D eigenvalue weighted by Gasteiger charge is -2.42. The van der Waals surface area contributed by atoms with Gasteiger partial charge in [0, 0.05) is 19.4 Å². The highest BCUT2D eigenvalue weighted by atomic mass is 19.4. The van der Waals surface area contributed by atoms with Gasteiger partial charge in [0.1, 0.15) is 5.60 Å². The zero-order valence-corrected chi connectivity index (χ0v) is 17.3. The minimum atomic E-state index is -8.70. The summed E-state index contributed by atoms with van der Waals surface area (Å²) >= 11 is 0. The number of hydrogen-bond donors (Lipinski definition) is 3. The average Bonchev–Trinajstić information content (AvgIpc) is 2.88. The second kappa shape index (κ2) is 8.65. The maximum atomic E-state index is 13.8. The highest BCUT2D eigenvalue weighted by Crippen LogP contribution is 2.64. The second-order valence-corrected chi connectivity index (χ2v) is 7.93. The molecule has 1 aliphatic rings. The van der Waals surface area contributed by atoms with Gasteiger partial charge in [0.05, 0.1) is 5.70 Å². The van der Waals surface area contributed by atoms with E-state index < -0.39 is 89.9 Å². The molecule has 0 aromatic carbocycles. The number of carbonyl (C=O) groups is 1. The van der Waals surface area contributed by atoms with Gasteiger partial charge in [-0.05, 0) is 6.92 Å². The highest BCUT2D eigenvalue weighted by Gasteiger charge is 2.95. The molecule has 218 valence electrons. The van der Waals surface area contributed by atoms with E-state index in [0.29, 0.717) is 0 Å². The van der Waals surface area contributed by atoms with Crippen molar-refractivity contribution in [3.05, 3.63) is 11.5 Å². The third-order valence-electron chi connectivity index (χ3n) is 5.08. The molecule has 0 bridgehead atoms. The van der Waals surface area contributed by atoms with Crippen LogP contribution in [0.5, 0.6) is 0 Å². The normalized spacial score (nSPS) is 21.6. The molecular weight excluding hydrogens is 577 g/mol. The van der Waals surface area contributed by atoms with E-state index in [4.69, 9.17) is 0 Å². The topological polar surface area (TPSA) is 69.6 Å². The van der Waals surface area contributed by atoms with Gasteiger partial charge in [-0.2, -0.15) is 74.6 Å². The van der Waals surface area contributed by atoms with Gasteiger partial charge in [0.25, 0.3) is 0 Å². The van der Waals surface area contributed by atoms with Crippen LogP contribution in [0, 0.1) is 0 Å². The van der Waals surface area contributed by atoms with E-state index >= 15 is 0 Å². The smallest absolute Gasteiger partial charge is 0.460 e. The van der Waals surface area contributed by atoms with Crippen LogP contribution in [0.3, 0.4) is 0 Å². The van der Waals surface area contributed by atoms with Gasteiger partial charge in [0.2, 0.25) is 5.78 Å². The van der Waals surface area contributed by atoms with E-state index in [9.17, 15) is 89.6 Å². The first-order chi connectivity index (χ1) is 15.9. The summed E-state index contributed by atoms with van der Waals surface area (Å²) in [5.74, 6) is -59.8. The molecule has 0 saturated heterocycles. The molecule has 1 unspecified atom stereocenters. The number of Topliss-reactive ketones (excluding diaryl/α,β-unsaturated/α-hetero) is 1. The van der Waals surface area contributed by atoms with Crippen molar-refractivity contribution in [1.29, 1.82) is 0 Å². The van der Waals surface area contributed by atoms with Gasteiger partial charge in [-0.3, -0.25) is 4.79 Å². The third-order valence-corrected chi connectivity index (χ3v) is 5.08. The molecule has 0 aromatic rings. The predicted octanol–water partition coefficient (Wildman–Crippen LogP) is 5.47. The first-order valence-electron chi connectivity index (χ1n) is 9.03. The molecule has 0 aromatic heterocycles. The Kier molecular flexibility index (Phi) is 7.67. The van der Waals surface area contributed by atoms with Gasteiger partial charge >= 0.3 is 47.6 Å². The maximum absolute atomic E-state index is 13.8. The fourth-order valence-corrected chi connectivity index (χ4v) is 2.77. The molecule has 0 radical (unpaired) electrons. The Hall–Kier alpha value is -2.22. The largest absolute Gasteiger partial charge is 0.503 e. The number of carbonyl (C=O) groups excluding carboxylic acids is 1. The van der Waals surface area contributed by atoms with Crippen molar-refractivity contribution in [3.8, 4) is 0 Å². The minimum absolute atomic E-state index is 0.754. The first-order valence-corrected chi connectivity index (χ1v) is 9.03. The van der Waals surface area contributed by atoms with E-state index in [2.05, 4.69) is 0 Å². The molecule has 1 atom stereocenters. The summed E-state index contributed by atoms with van der Waals surface area (Å²) in [5.41, 5.74) is -3.24. The summed E-state index contributed by atoms with van der Waals surface area (Å²) in [6.45, 7) is -1.03. The number of rotatable bonds is 10. The molecule has 0 heterocycles. The Labute approximate surface area is 193 Å². The van der Waals surface area contributed by atoms with E-state index in [1.54, 1.807) is 0 Å². The Morgan fingerprint density at radius 1 is 0.703 bits per heavy atom. The van der Waals surface area contributed by atoms with Gasteiger partial charge in [-0.15, -0.1) is 0 Å². The van der Waals surface area contributed by atoms with Crippen molar-refractivity contribution in [3.63, 3.8) is 0 Å². The number of aliphatic hydroxyl groups excluding tert-OH is 1. The lowest BCUT2D eigenvalue weighted by molar-refractivity contribution is -0.461. The third kappa shape index (κ3) is 4.53. The fourth-order valence-electron chi connectivity index (χ4n) is 2.77. The maximum Gasteiger partial charge on any atom is 0.460 e. The first kappa shape index (κ1) is 32.8. The molecule has 4 nitrogen and oxygen atoms in total. The van der Waals surface area contributed by atoms with E-state index in [-0.39, 0.29) is 0 Å². The monoisotopic (exact) mass is 589 g/mol. The van der Waals surface area contributed by atoms with Crippen molar-refractivity contribution < 1.29 is 89.6 Å². The van der Waals surface area contributed by atoms with Crippen molar-refractivity contribution in [2.75, 3.05) is 6.54 Å². The molecule has 0 amide bonds. The highest BCUT2D eigenvalue weighted by molar-refractivity contribution is 6.02. The fraction of sp³-hybridized carbons (Fsp3) is 0.812. The molecule has 21 heteroatoms. The van der Waals surface area contributed by atoms with Crippen LogP contribution in [-0.2, 0) is 4.79 Å². The number of halogens is 17. The van der Waals surface area contributed by atoms with E-state index in [0.717, 1.165) is 6.92 Å². The summed E-state index contributed by atoms with van der Waals surface area (Å²) in [4.78, 5) is 11.4. The zero-order valence-electron chi connectivity index (χ0n) is 17.3. The Morgan fingerprint density at radius 2 is 1.05 bits per heavy atom. The van der Waals surface area contributed by atoms with Crippen LogP contribution < -0.4 is 5.32 Å². The molecule has 0 aliphatic heterocycles. The lowest BCUT2D eigenvalue weighted by Crippen LogP contribution is -2.74. The molecule has 0 fully saturated rings. The number of ketones is 1. The van der Waals surface area contributed by atoms with E-state index in [1.807, 2.05) is 0 Å². The van der Waals surface area contributed by atoms with E-state index in [1.165, 1.54) is 5.32 Å². The second-order valence-electron chi connectivity index (χ2n) is 7.93. The number of aliphatic hydroxyl groups is 2. The van der Waals surface area contributed by atoms with Crippen molar-refractivity contribution >= 4 is 5.78 Å². The SMILES string of the molecule is CC1(O)CC(NCCC(F)(F)C(F)(F)C(F)(F)C(F)(F)C(F)(F)C(F)(F)C(F)(F)C(F)(F)F)=C(O)C1=O. The van der Waals surface area contributed by atoms with Gasteiger partial charge in [-0.25, -0.2) is 0 Å². The standard InChI is InChI=1S/C16H12F17NO3/c1-8(37)4-5(6(35)7(8)36)34-3-2-9(17,18)10(19,20)11(21,22)12(23,24)13(25,26)14(27,28)15(29,30)16(31,32)33/h34-35,37H,2-4H2,1H3. The van der Waals surface area contributed by atoms with Crippen molar-refractivity contribution in [1.82, 2.24) is 5.32 Å². The van der Waals surface area contributed by atoms with Crippen molar-refractivity contribution in [2.24, 2.45) is 0 Å². The molecule has 0 saturated carbocycles. The van der Waals surface area contributed by atoms with Crippen LogP contribution in [0.2, 0.25) is 0 Å². The van der Waals surface area contributed by atoms with Crippen LogP contribution in [0.1, 0.15) is 19.8 Å². The van der Waals surface area contributed by atoms with Crippen LogP contribution in [-0.4, -0.2) is 75.8 Å². The predicted molar refractivity (Wildman–Crippen MR) is 83.2 cm³/mol. The zero-order chi connectivity index (χ0) is 30.1. The van der Waals surface area contributed by atoms with Crippen molar-refractivity contribution in [2.45, 2.75) is 73.0 Å². The van der Waals surface area contributed by atoms with Gasteiger partial charge in [-0.1, -0.05) is 0 Å². The molecule has 1 rings (SSSR count). The molecule has 0 spiro atoms. The minimum Gasteiger partial charge on any atom is -0.503 e. The average molecular weight is 589 g/mol. The number of alkyl halides is 17. The number of hydrogen-bond acceptors (Lipinski definition) is 4. The molecule has 3 N–H and O–H groups in total. The molecule has 37 heavy (non-hydrogen) atoms. The van der Waals surface area contributed by atoms with Crippen LogP contribution in [0.25, 0.3) is 0 Å². The lowest BCUT2D eigenvalue weighted by atomic mass is 9.88. The Morgan fingerprint density at radius 3 is 1.38 bits per heavy atom. The van der Waals surface area contributed by atoms with Gasteiger partial charge in [0.15, 0.2) is 5.76 Å². The van der Waals surface area contributed by atoms with Crippen LogP contribution in [0.4, 0.5) is 74.6 Å². The molecule has 1 aliphatic carbocycles. The van der Waals surface area contributed by atoms with Gasteiger partial charge < -0.3 is 15.5 Å². The molecular formula is C16H12F17NO3. The number of nitrogens with one attached hydrogen (secondary N) is 1. The summed E-state index contributed by atoms with van der Waals surface area (Å²) in [5, 5.41) is 20.4. The summed E-state index contributed by atoms with van der Waals surface area (Å²) in [7, 11) is 0.